The highest BCUT2D eigenvalue weighted by Crippen LogP contribution is 2.33. The maximum absolute atomic E-state index is 10.7. The van der Waals surface area contributed by atoms with Gasteiger partial charge in [0, 0.05) is 12.1 Å². The molecular weight excluding hydrogens is 266 g/mol. The lowest BCUT2D eigenvalue weighted by Gasteiger charge is -2.31. The van der Waals surface area contributed by atoms with E-state index in [0.29, 0.717) is 17.4 Å². The molecule has 104 valence electrons. The van der Waals surface area contributed by atoms with Crippen LogP contribution in [-0.4, -0.2) is 16.1 Å². The van der Waals surface area contributed by atoms with Gasteiger partial charge in [0.05, 0.1) is 16.0 Å². The van der Waals surface area contributed by atoms with Gasteiger partial charge in [0.1, 0.15) is 0 Å². The van der Waals surface area contributed by atoms with Crippen LogP contribution in [0.4, 0.5) is 5.69 Å². The molecule has 2 rings (SSSR count). The first-order valence-electron chi connectivity index (χ1n) is 6.58. The van der Waals surface area contributed by atoms with Gasteiger partial charge in [-0.3, -0.25) is 10.1 Å². The summed E-state index contributed by atoms with van der Waals surface area (Å²) in [6.45, 7) is 2.19. The standard InChI is InChI=1S/C14H18ClNO3/c1-9-2-5-14(17)11(6-9)7-10-3-4-12(16(18)19)8-13(10)15/h3-4,8-9,11,14,17H,2,5-7H2,1H3. The van der Waals surface area contributed by atoms with Crippen molar-refractivity contribution >= 4 is 17.3 Å². The van der Waals surface area contributed by atoms with Crippen LogP contribution in [0, 0.1) is 22.0 Å². The lowest BCUT2D eigenvalue weighted by Crippen LogP contribution is -2.29. The molecule has 0 saturated heterocycles. The SMILES string of the molecule is CC1CCC(O)C(Cc2ccc([N+](=O)[O-])cc2Cl)C1. The first-order valence-corrected chi connectivity index (χ1v) is 6.96. The summed E-state index contributed by atoms with van der Waals surface area (Å²) >= 11 is 6.09. The van der Waals surface area contributed by atoms with Crippen molar-refractivity contribution < 1.29 is 10.0 Å². The molecule has 1 aromatic rings. The van der Waals surface area contributed by atoms with Crippen molar-refractivity contribution in [2.24, 2.45) is 11.8 Å². The molecule has 1 aliphatic carbocycles. The first-order chi connectivity index (χ1) is 8.97. The summed E-state index contributed by atoms with van der Waals surface area (Å²) in [4.78, 5) is 10.2. The van der Waals surface area contributed by atoms with Crippen LogP contribution in [0.25, 0.3) is 0 Å². The van der Waals surface area contributed by atoms with Crippen LogP contribution < -0.4 is 0 Å². The smallest absolute Gasteiger partial charge is 0.270 e. The predicted molar refractivity (Wildman–Crippen MR) is 74.3 cm³/mol. The van der Waals surface area contributed by atoms with Crippen molar-refractivity contribution in [1.29, 1.82) is 0 Å². The van der Waals surface area contributed by atoms with E-state index in [4.69, 9.17) is 11.6 Å². The highest BCUT2D eigenvalue weighted by molar-refractivity contribution is 6.31. The lowest BCUT2D eigenvalue weighted by atomic mass is 9.77. The molecule has 1 fully saturated rings. The third kappa shape index (κ3) is 3.45. The van der Waals surface area contributed by atoms with E-state index in [2.05, 4.69) is 6.92 Å². The summed E-state index contributed by atoms with van der Waals surface area (Å²) in [6, 6.07) is 4.56. The van der Waals surface area contributed by atoms with E-state index in [1.807, 2.05) is 0 Å². The van der Waals surface area contributed by atoms with Crippen molar-refractivity contribution in [3.63, 3.8) is 0 Å². The molecule has 5 heteroatoms. The average molecular weight is 284 g/mol. The number of nitro benzene ring substituents is 1. The van der Waals surface area contributed by atoms with Crippen LogP contribution in [0.5, 0.6) is 0 Å². The molecule has 0 amide bonds. The average Bonchev–Trinajstić information content (AvgIpc) is 2.36. The fraction of sp³-hybridized carbons (Fsp3) is 0.571. The van der Waals surface area contributed by atoms with Crippen LogP contribution >= 0.6 is 11.6 Å². The molecule has 0 bridgehead atoms. The number of aliphatic hydroxyl groups is 1. The van der Waals surface area contributed by atoms with Crippen molar-refractivity contribution in [2.45, 2.75) is 38.7 Å². The summed E-state index contributed by atoms with van der Waals surface area (Å²) in [5.41, 5.74) is 0.886. The van der Waals surface area contributed by atoms with Gasteiger partial charge in [0.25, 0.3) is 5.69 Å². The molecule has 1 N–H and O–H groups in total. The lowest BCUT2D eigenvalue weighted by molar-refractivity contribution is -0.384. The summed E-state index contributed by atoms with van der Waals surface area (Å²) < 4.78 is 0. The van der Waals surface area contributed by atoms with Gasteiger partial charge in [-0.1, -0.05) is 24.6 Å². The van der Waals surface area contributed by atoms with Gasteiger partial charge in [-0.25, -0.2) is 0 Å². The quantitative estimate of drug-likeness (QED) is 0.681. The minimum Gasteiger partial charge on any atom is -0.393 e. The summed E-state index contributed by atoms with van der Waals surface area (Å²) in [5, 5.41) is 21.1. The molecule has 0 aromatic heterocycles. The molecule has 0 radical (unpaired) electrons. The van der Waals surface area contributed by atoms with Crippen molar-refractivity contribution in [1.82, 2.24) is 0 Å². The summed E-state index contributed by atoms with van der Waals surface area (Å²) in [5.74, 6) is 0.813. The second kappa shape index (κ2) is 5.88. The molecule has 1 aromatic carbocycles. The highest BCUT2D eigenvalue weighted by atomic mass is 35.5. The maximum Gasteiger partial charge on any atom is 0.270 e. The number of non-ortho nitro benzene ring substituents is 1. The van der Waals surface area contributed by atoms with Crippen LogP contribution in [-0.2, 0) is 6.42 Å². The van der Waals surface area contributed by atoms with Gasteiger partial charge in [-0.05, 0) is 43.1 Å². The third-order valence-corrected chi connectivity index (χ3v) is 4.29. The zero-order chi connectivity index (χ0) is 14.0. The molecule has 3 unspecified atom stereocenters. The van der Waals surface area contributed by atoms with Gasteiger partial charge in [0.2, 0.25) is 0 Å². The maximum atomic E-state index is 10.7. The first kappa shape index (κ1) is 14.3. The molecule has 1 aliphatic rings. The molecule has 0 spiro atoms. The van der Waals surface area contributed by atoms with Crippen molar-refractivity contribution in [3.8, 4) is 0 Å². The van der Waals surface area contributed by atoms with E-state index in [9.17, 15) is 15.2 Å². The normalized spacial score (nSPS) is 27.2. The Kier molecular flexibility index (Phi) is 4.42. The summed E-state index contributed by atoms with van der Waals surface area (Å²) in [6.07, 6.45) is 3.27. The van der Waals surface area contributed by atoms with Crippen LogP contribution in [0.15, 0.2) is 18.2 Å². The van der Waals surface area contributed by atoms with Crippen LogP contribution in [0.3, 0.4) is 0 Å². The molecule has 0 heterocycles. The Bertz CT molecular complexity index is 478. The Balaban J connectivity index is 2.12. The molecule has 1 saturated carbocycles. The number of rotatable bonds is 3. The second-order valence-electron chi connectivity index (χ2n) is 5.48. The number of halogens is 1. The van der Waals surface area contributed by atoms with Gasteiger partial charge in [0.15, 0.2) is 0 Å². The number of nitrogens with zero attached hydrogens (tertiary/aromatic N) is 1. The molecule has 3 atom stereocenters. The van der Waals surface area contributed by atoms with Gasteiger partial charge in [-0.15, -0.1) is 0 Å². The zero-order valence-electron chi connectivity index (χ0n) is 10.9. The minimum absolute atomic E-state index is 0.00584. The Morgan fingerprint density at radius 1 is 1.47 bits per heavy atom. The number of nitro groups is 1. The Labute approximate surface area is 117 Å². The number of benzene rings is 1. The minimum atomic E-state index is -0.451. The topological polar surface area (TPSA) is 63.4 Å². The third-order valence-electron chi connectivity index (χ3n) is 3.93. The van der Waals surface area contributed by atoms with E-state index < -0.39 is 4.92 Å². The van der Waals surface area contributed by atoms with Gasteiger partial charge < -0.3 is 5.11 Å². The monoisotopic (exact) mass is 283 g/mol. The van der Waals surface area contributed by atoms with Gasteiger partial charge in [-0.2, -0.15) is 0 Å². The number of aliphatic hydroxyl groups excluding tert-OH is 1. The van der Waals surface area contributed by atoms with Crippen molar-refractivity contribution in [2.75, 3.05) is 0 Å². The number of hydrogen-bond acceptors (Lipinski definition) is 3. The van der Waals surface area contributed by atoms with Crippen molar-refractivity contribution in [3.05, 3.63) is 38.9 Å². The molecular formula is C14H18ClNO3. The van der Waals surface area contributed by atoms with Gasteiger partial charge >= 0.3 is 0 Å². The van der Waals surface area contributed by atoms with Crippen LogP contribution in [0.2, 0.25) is 5.02 Å². The second-order valence-corrected chi connectivity index (χ2v) is 5.89. The Morgan fingerprint density at radius 2 is 2.21 bits per heavy atom. The fourth-order valence-corrected chi connectivity index (χ4v) is 3.05. The number of hydrogen-bond donors (Lipinski definition) is 1. The van der Waals surface area contributed by atoms with E-state index in [0.717, 1.165) is 24.8 Å². The largest absolute Gasteiger partial charge is 0.393 e. The molecule has 19 heavy (non-hydrogen) atoms. The fourth-order valence-electron chi connectivity index (χ4n) is 2.80. The highest BCUT2D eigenvalue weighted by Gasteiger charge is 2.27. The van der Waals surface area contributed by atoms with E-state index in [1.165, 1.54) is 12.1 Å². The Hall–Kier alpha value is -1.13. The van der Waals surface area contributed by atoms with E-state index in [-0.39, 0.29) is 17.7 Å². The molecule has 4 nitrogen and oxygen atoms in total. The Morgan fingerprint density at radius 3 is 2.84 bits per heavy atom. The van der Waals surface area contributed by atoms with E-state index >= 15 is 0 Å². The zero-order valence-corrected chi connectivity index (χ0v) is 11.6. The van der Waals surface area contributed by atoms with E-state index in [1.54, 1.807) is 6.07 Å². The predicted octanol–water partition coefficient (Wildman–Crippen LogP) is 3.59. The molecule has 0 aliphatic heterocycles. The summed E-state index contributed by atoms with van der Waals surface area (Å²) in [7, 11) is 0. The van der Waals surface area contributed by atoms with Crippen LogP contribution in [0.1, 0.15) is 31.7 Å².